The monoisotopic (exact) mass is 453 g/mol. The van der Waals surface area contributed by atoms with Crippen molar-refractivity contribution in [2.75, 3.05) is 13.2 Å². The van der Waals surface area contributed by atoms with E-state index >= 15 is 0 Å². The second kappa shape index (κ2) is 10.0. The average Bonchev–Trinajstić information content (AvgIpc) is 2.65. The lowest BCUT2D eigenvalue weighted by Gasteiger charge is -2.23. The molecule has 0 radical (unpaired) electrons. The average molecular weight is 454 g/mol. The van der Waals surface area contributed by atoms with E-state index in [1.807, 2.05) is 43.3 Å². The van der Waals surface area contributed by atoms with Crippen LogP contribution in [-0.2, 0) is 32.5 Å². The van der Waals surface area contributed by atoms with Gasteiger partial charge in [-0.1, -0.05) is 53.2 Å². The third-order valence-corrected chi connectivity index (χ3v) is 6.53. The van der Waals surface area contributed by atoms with Gasteiger partial charge in [0.1, 0.15) is 0 Å². The Hall–Kier alpha value is -1.70. The van der Waals surface area contributed by atoms with Crippen LogP contribution >= 0.6 is 15.9 Å². The Bertz CT molecular complexity index is 869. The van der Waals surface area contributed by atoms with Gasteiger partial charge in [0.25, 0.3) is 0 Å². The molecule has 0 heterocycles. The van der Waals surface area contributed by atoms with Gasteiger partial charge in [0.2, 0.25) is 10.0 Å². The first kappa shape index (κ1) is 21.6. The fraction of sp³-hybridized carbons (Fsp3) is 0.350. The van der Waals surface area contributed by atoms with Gasteiger partial charge in [-0.25, -0.2) is 8.42 Å². The van der Waals surface area contributed by atoms with Gasteiger partial charge in [0.05, 0.1) is 17.9 Å². The summed E-state index contributed by atoms with van der Waals surface area (Å²) in [7, 11) is -3.76. The van der Waals surface area contributed by atoms with Gasteiger partial charge in [-0.3, -0.25) is 4.79 Å². The molecule has 146 valence electrons. The maximum absolute atomic E-state index is 13.4. The lowest BCUT2D eigenvalue weighted by molar-refractivity contribution is -0.143. The number of nitrogens with zero attached hydrogens (tertiary/aromatic N) is 1. The highest BCUT2D eigenvalue weighted by molar-refractivity contribution is 9.10. The molecule has 7 heteroatoms. The molecule has 2 aromatic carbocycles. The van der Waals surface area contributed by atoms with Crippen molar-refractivity contribution in [3.8, 4) is 0 Å². The van der Waals surface area contributed by atoms with Crippen molar-refractivity contribution in [1.29, 1.82) is 0 Å². The van der Waals surface area contributed by atoms with Gasteiger partial charge in [0, 0.05) is 17.6 Å². The lowest BCUT2D eigenvalue weighted by atomic mass is 10.2. The van der Waals surface area contributed by atoms with E-state index in [4.69, 9.17) is 4.74 Å². The Balaban J connectivity index is 2.36. The summed E-state index contributed by atoms with van der Waals surface area (Å²) in [6.07, 6.45) is 0.600. The molecular weight excluding hydrogens is 430 g/mol. The third kappa shape index (κ3) is 5.89. The molecule has 5 nitrogen and oxygen atoms in total. The largest absolute Gasteiger partial charge is 0.466 e. The molecule has 0 unspecified atom stereocenters. The quantitative estimate of drug-likeness (QED) is 0.534. The number of carbonyl (C=O) groups is 1. The van der Waals surface area contributed by atoms with E-state index in [0.717, 1.165) is 15.6 Å². The molecular formula is C20H24BrNO4S. The van der Waals surface area contributed by atoms with Gasteiger partial charge in [-0.2, -0.15) is 4.31 Å². The molecule has 0 saturated carbocycles. The van der Waals surface area contributed by atoms with Crippen molar-refractivity contribution in [3.63, 3.8) is 0 Å². The highest BCUT2D eigenvalue weighted by atomic mass is 79.9. The molecule has 2 aromatic rings. The van der Waals surface area contributed by atoms with Crippen LogP contribution in [0.4, 0.5) is 0 Å². The van der Waals surface area contributed by atoms with E-state index in [1.165, 1.54) is 4.31 Å². The van der Waals surface area contributed by atoms with Gasteiger partial charge in [0.15, 0.2) is 0 Å². The highest BCUT2D eigenvalue weighted by Crippen LogP contribution is 2.26. The fourth-order valence-electron chi connectivity index (χ4n) is 2.74. The SMILES string of the molecule is CCOC(=O)CCN(Cc1ccccc1)S(=O)(=O)c1ccc(Br)cc1CC. The predicted octanol–water partition coefficient (Wildman–Crippen LogP) is 4.16. The van der Waals surface area contributed by atoms with Crippen molar-refractivity contribution in [1.82, 2.24) is 4.31 Å². The molecule has 27 heavy (non-hydrogen) atoms. The number of halogens is 1. The number of ether oxygens (including phenoxy) is 1. The summed E-state index contributed by atoms with van der Waals surface area (Å²) in [5.41, 5.74) is 1.60. The second-order valence-electron chi connectivity index (χ2n) is 5.98. The summed E-state index contributed by atoms with van der Waals surface area (Å²) in [4.78, 5) is 12.1. The van der Waals surface area contributed by atoms with Crippen LogP contribution < -0.4 is 0 Å². The number of hydrogen-bond donors (Lipinski definition) is 0. The number of aryl methyl sites for hydroxylation is 1. The van der Waals surface area contributed by atoms with E-state index in [-0.39, 0.29) is 31.0 Å². The minimum atomic E-state index is -3.76. The topological polar surface area (TPSA) is 63.7 Å². The van der Waals surface area contributed by atoms with Gasteiger partial charge in [-0.05, 0) is 42.7 Å². The van der Waals surface area contributed by atoms with Crippen LogP contribution in [0.5, 0.6) is 0 Å². The first-order chi connectivity index (χ1) is 12.9. The molecule has 0 atom stereocenters. The minimum absolute atomic E-state index is 0.0118. The van der Waals surface area contributed by atoms with E-state index in [1.54, 1.807) is 19.1 Å². The molecule has 0 bridgehead atoms. The first-order valence-corrected chi connectivity index (χ1v) is 11.1. The third-order valence-electron chi connectivity index (χ3n) is 4.09. The summed E-state index contributed by atoms with van der Waals surface area (Å²) in [6, 6.07) is 14.5. The Kier molecular flexibility index (Phi) is 8.01. The second-order valence-corrected chi connectivity index (χ2v) is 8.81. The van der Waals surface area contributed by atoms with Crippen LogP contribution in [0.2, 0.25) is 0 Å². The molecule has 2 rings (SSSR count). The number of sulfonamides is 1. The van der Waals surface area contributed by atoms with Crippen molar-refractivity contribution >= 4 is 31.9 Å². The van der Waals surface area contributed by atoms with Crippen molar-refractivity contribution in [2.24, 2.45) is 0 Å². The van der Waals surface area contributed by atoms with Crippen molar-refractivity contribution in [3.05, 3.63) is 64.1 Å². The molecule has 0 fully saturated rings. The Labute approximate surface area is 169 Å². The number of benzene rings is 2. The molecule has 0 aliphatic heterocycles. The van der Waals surface area contributed by atoms with Gasteiger partial charge >= 0.3 is 5.97 Å². The summed E-state index contributed by atoms with van der Waals surface area (Å²) >= 11 is 3.39. The van der Waals surface area contributed by atoms with Gasteiger partial charge < -0.3 is 4.74 Å². The molecule has 0 aliphatic rings. The zero-order valence-electron chi connectivity index (χ0n) is 15.5. The van der Waals surface area contributed by atoms with Crippen LogP contribution in [0.1, 0.15) is 31.4 Å². The number of esters is 1. The first-order valence-electron chi connectivity index (χ1n) is 8.86. The summed E-state index contributed by atoms with van der Waals surface area (Å²) in [5.74, 6) is -0.405. The lowest BCUT2D eigenvalue weighted by Crippen LogP contribution is -2.33. The summed E-state index contributed by atoms with van der Waals surface area (Å²) in [6.45, 7) is 4.18. The van der Waals surface area contributed by atoms with E-state index < -0.39 is 16.0 Å². The predicted molar refractivity (Wildman–Crippen MR) is 109 cm³/mol. The summed E-state index contributed by atoms with van der Waals surface area (Å²) in [5, 5.41) is 0. The molecule has 0 spiro atoms. The smallest absolute Gasteiger partial charge is 0.307 e. The Morgan fingerprint density at radius 2 is 1.81 bits per heavy atom. The number of rotatable bonds is 9. The van der Waals surface area contributed by atoms with Crippen LogP contribution in [0, 0.1) is 0 Å². The maximum Gasteiger partial charge on any atom is 0.307 e. The fourth-order valence-corrected chi connectivity index (χ4v) is 4.85. The van der Waals surface area contributed by atoms with Crippen LogP contribution in [0.25, 0.3) is 0 Å². The highest BCUT2D eigenvalue weighted by Gasteiger charge is 2.27. The van der Waals surface area contributed by atoms with E-state index in [2.05, 4.69) is 15.9 Å². The van der Waals surface area contributed by atoms with Crippen LogP contribution in [-0.4, -0.2) is 31.8 Å². The minimum Gasteiger partial charge on any atom is -0.466 e. The Morgan fingerprint density at radius 1 is 1.11 bits per heavy atom. The zero-order chi connectivity index (χ0) is 19.9. The molecule has 0 aromatic heterocycles. The van der Waals surface area contributed by atoms with Crippen molar-refractivity contribution < 1.29 is 17.9 Å². The zero-order valence-corrected chi connectivity index (χ0v) is 17.9. The summed E-state index contributed by atoms with van der Waals surface area (Å²) < 4.78 is 33.8. The van der Waals surface area contributed by atoms with Gasteiger partial charge in [-0.15, -0.1) is 0 Å². The van der Waals surface area contributed by atoms with Crippen LogP contribution in [0.3, 0.4) is 0 Å². The van der Waals surface area contributed by atoms with E-state index in [0.29, 0.717) is 6.42 Å². The molecule has 0 N–H and O–H groups in total. The normalized spacial score (nSPS) is 11.6. The number of hydrogen-bond acceptors (Lipinski definition) is 4. The standard InChI is InChI=1S/C20H24BrNO4S/c1-3-17-14-18(21)10-11-19(17)27(24,25)22(13-12-20(23)26-4-2)15-16-8-6-5-7-9-16/h5-11,14H,3-4,12-13,15H2,1-2H3. The van der Waals surface area contributed by atoms with E-state index in [9.17, 15) is 13.2 Å². The maximum atomic E-state index is 13.4. The van der Waals surface area contributed by atoms with Crippen LogP contribution in [0.15, 0.2) is 57.9 Å². The molecule has 0 aliphatic carbocycles. The Morgan fingerprint density at radius 3 is 2.44 bits per heavy atom. The van der Waals surface area contributed by atoms with Crippen molar-refractivity contribution in [2.45, 2.75) is 38.1 Å². The molecule has 0 saturated heterocycles. The molecule has 0 amide bonds. The number of carbonyl (C=O) groups excluding carboxylic acids is 1.